The van der Waals surface area contributed by atoms with Crippen LogP contribution < -0.4 is 0 Å². The van der Waals surface area contributed by atoms with Crippen LogP contribution in [0.5, 0.6) is 0 Å². The summed E-state index contributed by atoms with van der Waals surface area (Å²) in [7, 11) is 1.91. The zero-order valence-electron chi connectivity index (χ0n) is 7.57. The van der Waals surface area contributed by atoms with Crippen molar-refractivity contribution in [1.29, 1.82) is 0 Å². The fourth-order valence-electron chi connectivity index (χ4n) is 0.951. The lowest BCUT2D eigenvalue weighted by atomic mass is 10.8. The van der Waals surface area contributed by atoms with Crippen LogP contribution in [-0.2, 0) is 9.59 Å². The number of carbonyl (C=O) groups excluding carboxylic acids is 2. The zero-order chi connectivity index (χ0) is 9.72. The van der Waals surface area contributed by atoms with Crippen LogP contribution >= 0.6 is 0 Å². The molecule has 0 aromatic heterocycles. The standard InChI is InChI=1S/C7H13N2O2Si/c1-7(2)12(8(3)5-10)9(4)6-11/h5-6H,1H2,2-4H3. The second-order valence-corrected chi connectivity index (χ2v) is 5.45. The van der Waals surface area contributed by atoms with Crippen LogP contribution in [-0.4, -0.2) is 45.2 Å². The van der Waals surface area contributed by atoms with Crippen LogP contribution in [0.15, 0.2) is 11.8 Å². The SMILES string of the molecule is C=C(C)[Si](N(C)C=O)N(C)C=O. The molecule has 0 bridgehead atoms. The van der Waals surface area contributed by atoms with E-state index in [1.165, 1.54) is 9.13 Å². The van der Waals surface area contributed by atoms with Crippen LogP contribution in [0.4, 0.5) is 0 Å². The van der Waals surface area contributed by atoms with Gasteiger partial charge in [0.05, 0.1) is 0 Å². The maximum atomic E-state index is 10.4. The van der Waals surface area contributed by atoms with E-state index in [4.69, 9.17) is 0 Å². The molecule has 0 aliphatic heterocycles. The quantitative estimate of drug-likeness (QED) is 0.438. The van der Waals surface area contributed by atoms with E-state index in [-0.39, 0.29) is 0 Å². The highest BCUT2D eigenvalue weighted by molar-refractivity contribution is 6.64. The molecule has 0 saturated heterocycles. The molecular weight excluding hydrogens is 172 g/mol. The third-order valence-electron chi connectivity index (χ3n) is 1.37. The van der Waals surface area contributed by atoms with Gasteiger partial charge in [-0.2, -0.15) is 0 Å². The molecule has 0 fully saturated rings. The first-order valence-electron chi connectivity index (χ1n) is 3.43. The van der Waals surface area contributed by atoms with Crippen molar-refractivity contribution in [2.24, 2.45) is 0 Å². The molecule has 0 atom stereocenters. The first kappa shape index (κ1) is 10.9. The summed E-state index contributed by atoms with van der Waals surface area (Å²) in [6.45, 7) is 5.55. The van der Waals surface area contributed by atoms with Gasteiger partial charge in [-0.15, -0.1) is 6.58 Å². The molecule has 12 heavy (non-hydrogen) atoms. The van der Waals surface area contributed by atoms with Crippen molar-refractivity contribution in [1.82, 2.24) is 9.13 Å². The molecule has 0 N–H and O–H groups in total. The Labute approximate surface area is 74.2 Å². The lowest BCUT2D eigenvalue weighted by Gasteiger charge is -2.27. The lowest BCUT2D eigenvalue weighted by Crippen LogP contribution is -2.49. The fourth-order valence-corrected chi connectivity index (χ4v) is 2.85. The van der Waals surface area contributed by atoms with Crippen molar-refractivity contribution in [2.75, 3.05) is 14.1 Å². The summed E-state index contributed by atoms with van der Waals surface area (Å²) in [6.07, 6.45) is 1.42. The Bertz CT molecular complexity index is 182. The summed E-state index contributed by atoms with van der Waals surface area (Å²) in [5.41, 5.74) is 0. The Morgan fingerprint density at radius 1 is 1.25 bits per heavy atom. The Morgan fingerprint density at radius 3 is 1.75 bits per heavy atom. The number of nitrogens with zero attached hydrogens (tertiary/aromatic N) is 2. The molecule has 0 aliphatic rings. The molecule has 5 heteroatoms. The van der Waals surface area contributed by atoms with Gasteiger partial charge in [0.25, 0.3) is 0 Å². The Morgan fingerprint density at radius 2 is 1.58 bits per heavy atom. The highest BCUT2D eigenvalue weighted by Crippen LogP contribution is 2.02. The van der Waals surface area contributed by atoms with Gasteiger partial charge in [-0.25, -0.2) is 0 Å². The first-order chi connectivity index (χ1) is 5.54. The average molecular weight is 185 g/mol. The van der Waals surface area contributed by atoms with Crippen LogP contribution in [0.3, 0.4) is 0 Å². The topological polar surface area (TPSA) is 40.6 Å². The van der Waals surface area contributed by atoms with Crippen LogP contribution in [0.2, 0.25) is 0 Å². The van der Waals surface area contributed by atoms with Gasteiger partial charge < -0.3 is 9.13 Å². The van der Waals surface area contributed by atoms with Crippen molar-refractivity contribution in [3.63, 3.8) is 0 Å². The number of amides is 2. The molecule has 4 nitrogen and oxygen atoms in total. The predicted octanol–water partition coefficient (Wildman–Crippen LogP) is -0.234. The Balaban J connectivity index is 4.52. The first-order valence-corrected chi connectivity index (χ1v) is 4.83. The summed E-state index contributed by atoms with van der Waals surface area (Å²) in [5, 5.41) is 0.851. The summed E-state index contributed by atoms with van der Waals surface area (Å²) in [4.78, 5) is 20.9. The molecule has 2 amide bonds. The highest BCUT2D eigenvalue weighted by Gasteiger charge is 2.23. The molecule has 0 saturated carbocycles. The maximum absolute atomic E-state index is 10.4. The van der Waals surface area contributed by atoms with Crippen LogP contribution in [0, 0.1) is 0 Å². The Kier molecular flexibility index (Phi) is 4.28. The van der Waals surface area contributed by atoms with Crippen molar-refractivity contribution in [2.45, 2.75) is 6.92 Å². The third kappa shape index (κ3) is 2.50. The van der Waals surface area contributed by atoms with Gasteiger partial charge >= 0.3 is 9.12 Å². The molecule has 67 valence electrons. The molecule has 0 aliphatic carbocycles. The molecule has 0 unspecified atom stereocenters. The van der Waals surface area contributed by atoms with Crippen molar-refractivity contribution < 1.29 is 9.59 Å². The van der Waals surface area contributed by atoms with E-state index in [1.54, 1.807) is 14.1 Å². The highest BCUT2D eigenvalue weighted by atomic mass is 28.3. The van der Waals surface area contributed by atoms with Gasteiger partial charge in [0, 0.05) is 14.1 Å². The number of hydrogen-bond donors (Lipinski definition) is 0. The van der Waals surface area contributed by atoms with E-state index in [2.05, 4.69) is 6.58 Å². The Hall–Kier alpha value is -1.10. The lowest BCUT2D eigenvalue weighted by molar-refractivity contribution is -0.115. The summed E-state index contributed by atoms with van der Waals surface area (Å²) in [6, 6.07) is 0. The van der Waals surface area contributed by atoms with E-state index >= 15 is 0 Å². The van der Waals surface area contributed by atoms with Gasteiger partial charge in [0.1, 0.15) is 0 Å². The number of rotatable bonds is 5. The molecule has 0 spiro atoms. The molecular formula is C7H13N2O2Si. The zero-order valence-corrected chi connectivity index (χ0v) is 8.57. The van der Waals surface area contributed by atoms with Crippen LogP contribution in [0.25, 0.3) is 0 Å². The van der Waals surface area contributed by atoms with E-state index in [0.29, 0.717) is 12.8 Å². The largest absolute Gasteiger partial charge is 0.353 e. The molecule has 0 aromatic carbocycles. The fraction of sp³-hybridized carbons (Fsp3) is 0.429. The normalized spacial score (nSPS) is 9.33. The minimum atomic E-state index is -1.38. The van der Waals surface area contributed by atoms with Gasteiger partial charge in [-0.3, -0.25) is 9.59 Å². The average Bonchev–Trinajstić information content (AvgIpc) is 2.03. The maximum Gasteiger partial charge on any atom is 0.334 e. The van der Waals surface area contributed by atoms with Crippen molar-refractivity contribution in [3.8, 4) is 0 Å². The molecule has 0 rings (SSSR count). The summed E-state index contributed by atoms with van der Waals surface area (Å²) in [5.74, 6) is 0. The van der Waals surface area contributed by atoms with E-state index in [1.807, 2.05) is 6.92 Å². The molecule has 0 aromatic rings. The minimum absolute atomic E-state index is 0.711. The second kappa shape index (κ2) is 4.71. The second-order valence-electron chi connectivity index (χ2n) is 2.54. The monoisotopic (exact) mass is 185 g/mol. The number of hydrogen-bond acceptors (Lipinski definition) is 2. The van der Waals surface area contributed by atoms with Gasteiger partial charge in [0.15, 0.2) is 0 Å². The predicted molar refractivity (Wildman–Crippen MR) is 48.2 cm³/mol. The van der Waals surface area contributed by atoms with Gasteiger partial charge in [0.2, 0.25) is 12.8 Å². The molecule has 0 heterocycles. The van der Waals surface area contributed by atoms with E-state index < -0.39 is 9.12 Å². The third-order valence-corrected chi connectivity index (χ3v) is 3.68. The van der Waals surface area contributed by atoms with Crippen molar-refractivity contribution in [3.05, 3.63) is 11.8 Å². The van der Waals surface area contributed by atoms with E-state index in [9.17, 15) is 9.59 Å². The summed E-state index contributed by atoms with van der Waals surface area (Å²) < 4.78 is 2.97. The van der Waals surface area contributed by atoms with Crippen LogP contribution in [0.1, 0.15) is 6.92 Å². The summed E-state index contributed by atoms with van der Waals surface area (Å²) >= 11 is 0. The molecule has 1 radical (unpaired) electrons. The smallest absolute Gasteiger partial charge is 0.334 e. The van der Waals surface area contributed by atoms with Gasteiger partial charge in [-0.05, 0) is 12.1 Å². The van der Waals surface area contributed by atoms with Crippen molar-refractivity contribution >= 4 is 21.9 Å². The van der Waals surface area contributed by atoms with Gasteiger partial charge in [-0.1, -0.05) is 0 Å². The van der Waals surface area contributed by atoms with E-state index in [0.717, 1.165) is 5.20 Å². The number of carbonyl (C=O) groups is 2. The minimum Gasteiger partial charge on any atom is -0.353 e. The number of allylic oxidation sites excluding steroid dienone is 1.